The summed E-state index contributed by atoms with van der Waals surface area (Å²) in [6.45, 7) is 1.88. The molecule has 6 aromatic rings. The topological polar surface area (TPSA) is 150 Å². The number of carbonyl (C=O) groups is 1. The van der Waals surface area contributed by atoms with Crippen LogP contribution in [0, 0.1) is 23.3 Å². The highest BCUT2D eigenvalue weighted by molar-refractivity contribution is 6.11. The van der Waals surface area contributed by atoms with Crippen LogP contribution < -0.4 is 22.2 Å². The minimum Gasteiger partial charge on any atom is -0.327 e. The Labute approximate surface area is 384 Å². The Morgan fingerprint density at radius 3 is 1.46 bits per heavy atom. The first-order valence-corrected chi connectivity index (χ1v) is 22.2. The lowest BCUT2D eigenvalue weighted by Crippen LogP contribution is -2.25. The van der Waals surface area contributed by atoms with E-state index in [1.807, 2.05) is 36.4 Å². The molecular formula is C52H48F4N8O3. The van der Waals surface area contributed by atoms with Crippen LogP contribution in [0.5, 0.6) is 0 Å². The molecule has 10 rings (SSSR count). The molecule has 4 aromatic carbocycles. The second-order valence-electron chi connectivity index (χ2n) is 16.6. The van der Waals surface area contributed by atoms with Gasteiger partial charge < -0.3 is 15.8 Å². The van der Waals surface area contributed by atoms with Gasteiger partial charge in [0.1, 0.15) is 40.9 Å². The Kier molecular flexibility index (Phi) is 14.8. The maximum Gasteiger partial charge on any atom is 0.281 e. The van der Waals surface area contributed by atoms with Gasteiger partial charge in [0.15, 0.2) is 0 Å². The quantitative estimate of drug-likeness (QED) is 0.0648. The molecule has 0 amide bonds. The number of nitrogens with two attached hydrogens (primary N) is 1. The van der Waals surface area contributed by atoms with E-state index in [9.17, 15) is 31.9 Å². The third-order valence-electron chi connectivity index (χ3n) is 11.7. The van der Waals surface area contributed by atoms with E-state index in [1.54, 1.807) is 37.0 Å². The van der Waals surface area contributed by atoms with Gasteiger partial charge in [-0.25, -0.2) is 27.5 Å². The van der Waals surface area contributed by atoms with Gasteiger partial charge in [-0.15, -0.1) is 0 Å². The summed E-state index contributed by atoms with van der Waals surface area (Å²) in [5, 5.41) is 3.56. The Bertz CT molecular complexity index is 2950. The molecule has 4 aliphatic rings. The zero-order valence-electron chi connectivity index (χ0n) is 36.4. The van der Waals surface area contributed by atoms with E-state index in [4.69, 9.17) is 5.73 Å². The fourth-order valence-electron chi connectivity index (χ4n) is 7.88. The van der Waals surface area contributed by atoms with Crippen LogP contribution in [0.4, 0.5) is 17.6 Å². The van der Waals surface area contributed by atoms with Gasteiger partial charge in [0.05, 0.1) is 24.5 Å². The molecule has 2 saturated carbocycles. The summed E-state index contributed by atoms with van der Waals surface area (Å²) in [6, 6.07) is 25.5. The summed E-state index contributed by atoms with van der Waals surface area (Å²) in [4.78, 5) is 53.6. The van der Waals surface area contributed by atoms with Crippen molar-refractivity contribution in [3.05, 3.63) is 199 Å². The SMILES string of the molecule is N[C@@H]1C[C@H]1c1ccc(F)cc1.O=CCCc1cn(-c2ccc(F)cc2)c(=O)c(C2=CCN=C2)n1.O=c1c(C2=CCN=C2)nc(CCCN[C@@H]2C[C@H]2c2ccc(F)cc2)cn1-c1ccc(F)cc1. The summed E-state index contributed by atoms with van der Waals surface area (Å²) in [7, 11) is 0. The second-order valence-corrected chi connectivity index (χ2v) is 16.6. The van der Waals surface area contributed by atoms with E-state index in [2.05, 4.69) is 25.3 Å². The molecule has 3 N–H and O–H groups in total. The number of halogens is 4. The van der Waals surface area contributed by atoms with Gasteiger partial charge in [0, 0.05) is 77.7 Å². The predicted molar refractivity (Wildman–Crippen MR) is 252 cm³/mol. The number of nitrogens with zero attached hydrogens (tertiary/aromatic N) is 6. The predicted octanol–water partition coefficient (Wildman–Crippen LogP) is 7.67. The average Bonchev–Trinajstić information content (AvgIpc) is 4.08. The van der Waals surface area contributed by atoms with Crippen molar-refractivity contribution in [3.8, 4) is 11.4 Å². The first-order valence-electron chi connectivity index (χ1n) is 22.2. The van der Waals surface area contributed by atoms with Gasteiger partial charge in [-0.2, -0.15) is 0 Å². The zero-order chi connectivity index (χ0) is 46.9. The number of benzene rings is 4. The molecule has 4 atom stereocenters. The molecule has 0 saturated heterocycles. The number of carbonyl (C=O) groups excluding carboxylic acids is 1. The first kappa shape index (κ1) is 46.3. The van der Waals surface area contributed by atoms with Crippen LogP contribution in [-0.4, -0.2) is 69.5 Å². The molecule has 67 heavy (non-hydrogen) atoms. The molecule has 0 unspecified atom stereocenters. The van der Waals surface area contributed by atoms with Crippen LogP contribution in [0.2, 0.25) is 0 Å². The number of allylic oxidation sites excluding steroid dienone is 2. The largest absolute Gasteiger partial charge is 0.327 e. The first-order chi connectivity index (χ1) is 32.5. The third-order valence-corrected chi connectivity index (χ3v) is 11.7. The Hall–Kier alpha value is -7.23. The van der Waals surface area contributed by atoms with Crippen molar-refractivity contribution in [3.63, 3.8) is 0 Å². The molecule has 0 bridgehead atoms. The number of nitrogens with one attached hydrogen (secondary N) is 1. The van der Waals surface area contributed by atoms with E-state index >= 15 is 0 Å². The maximum absolute atomic E-state index is 13.4. The maximum atomic E-state index is 13.4. The summed E-state index contributed by atoms with van der Waals surface area (Å²) in [5.41, 5.74) is 12.0. The number of aldehydes is 1. The van der Waals surface area contributed by atoms with Crippen molar-refractivity contribution in [1.82, 2.24) is 24.4 Å². The molecule has 2 aliphatic carbocycles. The standard InChI is InChI=1S/C26H24F2N4O.C17H14FN3O2.C9H10FN/c27-19-5-3-17(4-6-19)23-14-24(23)30-12-1-2-21-16-32(22-9-7-20(28)8-10-22)26(33)25(31-21)18-11-13-29-15-18;18-13-3-5-15(6-4-13)21-11-14(2-1-9-22)20-16(17(21)23)12-7-8-19-10-12;10-7-3-1-6(2-4-7)8-5-9(8)11/h3-11,15-16,23-24,30H,1-2,12-14H2;3-7,9-11H,1-2,8H2;1-4,8-9H,5,11H2/t23-,24+;;8-,9+/m0.0/s1. The smallest absolute Gasteiger partial charge is 0.281 e. The van der Waals surface area contributed by atoms with Gasteiger partial charge in [-0.3, -0.25) is 28.7 Å². The Morgan fingerprint density at radius 1 is 0.612 bits per heavy atom. The molecule has 15 heteroatoms. The number of aromatic nitrogens is 4. The van der Waals surface area contributed by atoms with Crippen LogP contribution in [0.1, 0.15) is 71.4 Å². The van der Waals surface area contributed by atoms with Gasteiger partial charge in [0.2, 0.25) is 0 Å². The molecule has 4 heterocycles. The highest BCUT2D eigenvalue weighted by atomic mass is 19.1. The van der Waals surface area contributed by atoms with Crippen LogP contribution in [0.25, 0.3) is 22.5 Å². The molecule has 342 valence electrons. The lowest BCUT2D eigenvalue weighted by molar-refractivity contribution is -0.107. The molecule has 2 fully saturated rings. The number of aliphatic imine (C=N–C) groups is 2. The van der Waals surface area contributed by atoms with Crippen LogP contribution in [-0.2, 0) is 17.6 Å². The highest BCUT2D eigenvalue weighted by Gasteiger charge is 2.37. The van der Waals surface area contributed by atoms with Crippen molar-refractivity contribution < 1.29 is 22.4 Å². The molecule has 0 spiro atoms. The molecule has 11 nitrogen and oxygen atoms in total. The molecule has 2 aliphatic heterocycles. The highest BCUT2D eigenvalue weighted by Crippen LogP contribution is 2.41. The summed E-state index contributed by atoms with van der Waals surface area (Å²) in [6.07, 6.45) is 15.5. The minimum absolute atomic E-state index is 0.178. The summed E-state index contributed by atoms with van der Waals surface area (Å²) >= 11 is 0. The van der Waals surface area contributed by atoms with Gasteiger partial charge >= 0.3 is 0 Å². The van der Waals surface area contributed by atoms with Crippen molar-refractivity contribution >= 4 is 29.9 Å². The zero-order valence-corrected chi connectivity index (χ0v) is 36.4. The van der Waals surface area contributed by atoms with Crippen LogP contribution >= 0.6 is 0 Å². The minimum atomic E-state index is -0.372. The van der Waals surface area contributed by atoms with Gasteiger partial charge in [0.25, 0.3) is 11.1 Å². The van der Waals surface area contributed by atoms with Gasteiger partial charge in [-0.1, -0.05) is 36.4 Å². The summed E-state index contributed by atoms with van der Waals surface area (Å²) < 4.78 is 55.0. The molecular weight excluding hydrogens is 861 g/mol. The van der Waals surface area contributed by atoms with Crippen molar-refractivity contribution in [2.45, 2.75) is 62.4 Å². The molecule has 0 radical (unpaired) electrons. The fraction of sp³-hybridized carbons (Fsp3) is 0.250. The van der Waals surface area contributed by atoms with E-state index in [0.29, 0.717) is 90.3 Å². The van der Waals surface area contributed by atoms with Gasteiger partial charge in [-0.05, 0) is 123 Å². The lowest BCUT2D eigenvalue weighted by atomic mass is 10.1. The van der Waals surface area contributed by atoms with Crippen molar-refractivity contribution in [2.24, 2.45) is 15.7 Å². The fourth-order valence-corrected chi connectivity index (χ4v) is 7.88. The van der Waals surface area contributed by atoms with E-state index in [0.717, 1.165) is 48.9 Å². The van der Waals surface area contributed by atoms with Crippen molar-refractivity contribution in [1.29, 1.82) is 0 Å². The van der Waals surface area contributed by atoms with Crippen LogP contribution in [0.3, 0.4) is 0 Å². The number of rotatable bonds is 14. The molecule has 2 aromatic heterocycles. The summed E-state index contributed by atoms with van der Waals surface area (Å²) in [5.74, 6) is -0.194. The Balaban J connectivity index is 0.000000154. The lowest BCUT2D eigenvalue weighted by Gasteiger charge is -2.12. The average molecular weight is 909 g/mol. The second kappa shape index (κ2) is 21.4. The van der Waals surface area contributed by atoms with E-state index in [-0.39, 0.29) is 34.4 Å². The number of hydrogen-bond acceptors (Lipinski definition) is 9. The third kappa shape index (κ3) is 12.0. The normalized spacial score (nSPS) is 18.6. The van der Waals surface area contributed by atoms with E-state index < -0.39 is 0 Å². The number of aryl methyl sites for hydroxylation is 2. The monoisotopic (exact) mass is 908 g/mol. The Morgan fingerprint density at radius 2 is 1.04 bits per heavy atom. The number of hydrogen-bond donors (Lipinski definition) is 2. The van der Waals surface area contributed by atoms with Crippen LogP contribution in [0.15, 0.2) is 141 Å². The van der Waals surface area contributed by atoms with Crippen molar-refractivity contribution in [2.75, 3.05) is 19.6 Å². The van der Waals surface area contributed by atoms with E-state index in [1.165, 1.54) is 75.4 Å².